The monoisotopic (exact) mass is 964 g/mol. The fourth-order valence-electron chi connectivity index (χ4n) is 6.88. The lowest BCUT2D eigenvalue weighted by Crippen LogP contribution is -2.59. The number of benzene rings is 2. The van der Waals surface area contributed by atoms with Crippen molar-refractivity contribution in [3.05, 3.63) is 89.5 Å². The molecule has 4 rings (SSSR count). The van der Waals surface area contributed by atoms with Crippen LogP contribution in [0.15, 0.2) is 78.6 Å². The molecule has 2 aromatic carbocycles. The summed E-state index contributed by atoms with van der Waals surface area (Å²) in [5.41, 5.74) is 7.28. The Morgan fingerprint density at radius 3 is 2.13 bits per heavy atom. The number of guanidine groups is 1. The molecule has 0 saturated carbocycles. The zero-order valence-electron chi connectivity index (χ0n) is 36.7. The lowest BCUT2D eigenvalue weighted by atomic mass is 10.0. The molecule has 364 valence electrons. The molecule has 2 aromatic heterocycles. The minimum atomic E-state index is -1.82. The van der Waals surface area contributed by atoms with E-state index in [1.807, 2.05) is 6.07 Å². The van der Waals surface area contributed by atoms with E-state index < -0.39 is 97.1 Å². The van der Waals surface area contributed by atoms with Crippen molar-refractivity contribution in [2.45, 2.75) is 75.7 Å². The molecule has 0 saturated heterocycles. The summed E-state index contributed by atoms with van der Waals surface area (Å²) in [6.07, 6.45) is 2.69. The number of imidazole rings is 1. The first kappa shape index (κ1) is 52.5. The van der Waals surface area contributed by atoms with Crippen LogP contribution >= 0.6 is 11.6 Å². The smallest absolute Gasteiger partial charge is 0.341 e. The van der Waals surface area contributed by atoms with Gasteiger partial charge in [-0.3, -0.25) is 43.9 Å². The molecule has 0 fully saturated rings. The SMILES string of the molecule is C[C@H](NC(=O)[C@H](Cc1c[nH]cn1)NC(=O)[C@H](CCC(=O)O)N(N=O)C(=O)NCCCl)C(=O)N[C@@H](CCCNC(=N)N)C(=O)N[C@@H](Cc1c[nH]c2ccccc12)C(=O)N(CC(=O)O)c1ccccc1. The number of carboxylic acids is 2. The molecule has 5 atom stereocenters. The predicted molar refractivity (Wildman–Crippen MR) is 246 cm³/mol. The number of carbonyl (C=O) groups is 8. The van der Waals surface area contributed by atoms with Crippen LogP contribution in [-0.2, 0) is 46.4 Å². The molecular formula is C42H53ClN14O11. The zero-order valence-corrected chi connectivity index (χ0v) is 37.5. The number of hydrogen-bond donors (Lipinski definition) is 12. The second-order valence-electron chi connectivity index (χ2n) is 15.2. The number of aromatic nitrogens is 3. The fourth-order valence-corrected chi connectivity index (χ4v) is 6.97. The first-order valence-corrected chi connectivity index (χ1v) is 21.6. The Morgan fingerprint density at radius 1 is 0.809 bits per heavy atom. The van der Waals surface area contributed by atoms with Gasteiger partial charge in [0.15, 0.2) is 5.96 Å². The lowest BCUT2D eigenvalue weighted by molar-refractivity contribution is -0.138. The van der Waals surface area contributed by atoms with Crippen LogP contribution in [0.2, 0.25) is 0 Å². The van der Waals surface area contributed by atoms with Gasteiger partial charge in [0.2, 0.25) is 29.5 Å². The van der Waals surface area contributed by atoms with Crippen molar-refractivity contribution < 1.29 is 48.6 Å². The van der Waals surface area contributed by atoms with E-state index in [9.17, 15) is 53.5 Å². The second kappa shape index (κ2) is 26.2. The highest BCUT2D eigenvalue weighted by atomic mass is 35.5. The Hall–Kier alpha value is -8.09. The molecule has 7 amide bonds. The molecule has 0 aliphatic heterocycles. The molecule has 26 heteroatoms. The molecule has 4 aromatic rings. The number of hydrogen-bond acceptors (Lipinski definition) is 12. The third-order valence-electron chi connectivity index (χ3n) is 10.2. The van der Waals surface area contributed by atoms with Gasteiger partial charge in [0, 0.05) is 67.2 Å². The van der Waals surface area contributed by atoms with E-state index in [4.69, 9.17) is 22.7 Å². The molecule has 68 heavy (non-hydrogen) atoms. The van der Waals surface area contributed by atoms with E-state index in [-0.39, 0.29) is 67.0 Å². The van der Waals surface area contributed by atoms with Crippen molar-refractivity contribution in [2.24, 2.45) is 11.0 Å². The quantitative estimate of drug-likeness (QED) is 0.00948. The van der Waals surface area contributed by atoms with Gasteiger partial charge in [-0.1, -0.05) is 36.4 Å². The number of carboxylic acid groups (broad SMARTS) is 2. The van der Waals surface area contributed by atoms with Crippen molar-refractivity contribution in [3.63, 3.8) is 0 Å². The largest absolute Gasteiger partial charge is 0.481 e. The highest BCUT2D eigenvalue weighted by molar-refractivity contribution is 6.18. The number of alkyl halides is 1. The highest BCUT2D eigenvalue weighted by Crippen LogP contribution is 2.22. The number of aliphatic carboxylic acids is 2. The number of urea groups is 1. The number of nitrogens with one attached hydrogen (secondary N) is 9. The summed E-state index contributed by atoms with van der Waals surface area (Å²) in [5.74, 6) is -7.80. The minimum Gasteiger partial charge on any atom is -0.481 e. The van der Waals surface area contributed by atoms with Crippen LogP contribution in [0.25, 0.3) is 10.9 Å². The van der Waals surface area contributed by atoms with Gasteiger partial charge in [-0.15, -0.1) is 16.5 Å². The number of aromatic amines is 2. The Bertz CT molecular complexity index is 2400. The molecule has 0 aliphatic rings. The number of nitroso groups, excluding NO2 is 1. The van der Waals surface area contributed by atoms with Crippen LogP contribution in [-0.4, -0.2) is 139 Å². The highest BCUT2D eigenvalue weighted by Gasteiger charge is 2.36. The summed E-state index contributed by atoms with van der Waals surface area (Å²) >= 11 is 5.62. The summed E-state index contributed by atoms with van der Waals surface area (Å²) < 4.78 is 0. The number of para-hydroxylation sites is 2. The van der Waals surface area contributed by atoms with Gasteiger partial charge in [0.05, 0.1) is 17.3 Å². The average molecular weight is 965 g/mol. The molecule has 0 spiro atoms. The third kappa shape index (κ3) is 15.8. The summed E-state index contributed by atoms with van der Waals surface area (Å²) in [7, 11) is 0. The van der Waals surface area contributed by atoms with Gasteiger partial charge in [-0.2, -0.15) is 5.01 Å². The average Bonchev–Trinajstić information content (AvgIpc) is 3.99. The maximum atomic E-state index is 14.4. The normalized spacial score (nSPS) is 13.0. The number of rotatable bonds is 27. The number of amides is 7. The first-order chi connectivity index (χ1) is 32.5. The number of nitrogens with two attached hydrogens (primary N) is 1. The van der Waals surface area contributed by atoms with Crippen LogP contribution in [0, 0.1) is 10.3 Å². The molecule has 25 nitrogen and oxygen atoms in total. The first-order valence-electron chi connectivity index (χ1n) is 21.1. The number of anilines is 1. The molecule has 0 unspecified atom stereocenters. The fraction of sp³-hybridized carbons (Fsp3) is 0.381. The van der Waals surface area contributed by atoms with E-state index in [0.29, 0.717) is 5.56 Å². The van der Waals surface area contributed by atoms with Crippen LogP contribution in [0.4, 0.5) is 10.5 Å². The van der Waals surface area contributed by atoms with Crippen molar-refractivity contribution in [1.82, 2.24) is 51.9 Å². The molecule has 0 radical (unpaired) electrons. The lowest BCUT2D eigenvalue weighted by Gasteiger charge is -2.29. The number of fused-ring (bicyclic) bond motifs is 1. The van der Waals surface area contributed by atoms with Gasteiger partial charge < -0.3 is 57.8 Å². The van der Waals surface area contributed by atoms with Gasteiger partial charge >= 0.3 is 18.0 Å². The van der Waals surface area contributed by atoms with Crippen LogP contribution in [0.1, 0.15) is 43.9 Å². The van der Waals surface area contributed by atoms with E-state index >= 15 is 0 Å². The number of nitrogens with zero attached hydrogens (tertiary/aromatic N) is 4. The maximum Gasteiger partial charge on any atom is 0.341 e. The Morgan fingerprint density at radius 2 is 1.49 bits per heavy atom. The van der Waals surface area contributed by atoms with Gasteiger partial charge in [-0.05, 0) is 49.9 Å². The zero-order chi connectivity index (χ0) is 49.8. The van der Waals surface area contributed by atoms with E-state index in [1.54, 1.807) is 42.6 Å². The second-order valence-corrected chi connectivity index (χ2v) is 15.6. The van der Waals surface area contributed by atoms with Crippen LogP contribution in [0.5, 0.6) is 0 Å². The van der Waals surface area contributed by atoms with Crippen molar-refractivity contribution in [1.29, 1.82) is 5.41 Å². The Labute approximate surface area is 393 Å². The van der Waals surface area contributed by atoms with E-state index in [0.717, 1.165) is 15.8 Å². The van der Waals surface area contributed by atoms with Crippen molar-refractivity contribution >= 4 is 81.7 Å². The predicted octanol–water partition coefficient (Wildman–Crippen LogP) is 0.182. The summed E-state index contributed by atoms with van der Waals surface area (Å²) in [6, 6.07) is 6.42. The maximum absolute atomic E-state index is 14.4. The molecule has 13 N–H and O–H groups in total. The van der Waals surface area contributed by atoms with Gasteiger partial charge in [0.25, 0.3) is 0 Å². The number of H-pyrrole nitrogens is 2. The van der Waals surface area contributed by atoms with Crippen LogP contribution in [0.3, 0.4) is 0 Å². The van der Waals surface area contributed by atoms with E-state index in [1.165, 1.54) is 31.6 Å². The topological polar surface area (TPSA) is 379 Å². The van der Waals surface area contributed by atoms with Gasteiger partial charge in [-0.25, -0.2) is 9.78 Å². The summed E-state index contributed by atoms with van der Waals surface area (Å²) in [4.78, 5) is 129. The summed E-state index contributed by atoms with van der Waals surface area (Å²) in [6.45, 7) is 0.477. The molecular weight excluding hydrogens is 912 g/mol. The number of carbonyl (C=O) groups excluding carboxylic acids is 6. The van der Waals surface area contributed by atoms with Gasteiger partial charge in [0.1, 0.15) is 36.8 Å². The summed E-state index contributed by atoms with van der Waals surface area (Å²) in [5, 5.41) is 45.2. The minimum absolute atomic E-state index is 0.0708. The Balaban J connectivity index is 1.60. The third-order valence-corrected chi connectivity index (χ3v) is 10.4. The van der Waals surface area contributed by atoms with Crippen LogP contribution < -0.4 is 42.5 Å². The number of halogens is 1. The standard InChI is InChI=1S/C42H53ClN14O11/c1-24(51-38(64)31(19-26-21-46-23-50-26)53-39(65)33(13-14-34(58)59)57(55-68)42(67)48-17-15-43)36(62)52-30(12-7-16-47-41(44)45)37(63)54-32(18-25-20-49-29-11-6-5-10-28(25)29)40(66)56(22-35(60)61)27-8-3-2-4-9-27/h2-6,8-11,20-21,23-24,30-33,49H,7,12-19,22H2,1H3,(H,46,50)(H,48,67)(H,51,64)(H,52,62)(H,53,65)(H,54,63)(H,58,59)(H,60,61)(H4,44,45,47)/t24-,30-,31-,32-,33-/m0/s1. The van der Waals surface area contributed by atoms with Crippen molar-refractivity contribution in [3.8, 4) is 0 Å². The Kier molecular flexibility index (Phi) is 20.2. The molecule has 2 heterocycles. The van der Waals surface area contributed by atoms with Crippen molar-refractivity contribution in [2.75, 3.05) is 30.4 Å². The molecule has 0 bridgehead atoms. The molecule has 0 aliphatic carbocycles. The van der Waals surface area contributed by atoms with E-state index in [2.05, 4.69) is 52.1 Å².